The number of pyridine rings is 1. The van der Waals surface area contributed by atoms with E-state index in [1.165, 1.54) is 0 Å². The van der Waals surface area contributed by atoms with E-state index in [2.05, 4.69) is 25.2 Å². The molecule has 0 fully saturated rings. The fourth-order valence-electron chi connectivity index (χ4n) is 2.17. The quantitative estimate of drug-likeness (QED) is 0.586. The smallest absolute Gasteiger partial charge is 0.216 e. The third-order valence-electron chi connectivity index (χ3n) is 3.55. The third-order valence-corrected chi connectivity index (χ3v) is 3.82. The van der Waals surface area contributed by atoms with Gasteiger partial charge in [-0.25, -0.2) is 5.10 Å². The number of aryl methyl sites for hydroxylation is 1. The second-order valence-electron chi connectivity index (χ2n) is 5.58. The van der Waals surface area contributed by atoms with Gasteiger partial charge >= 0.3 is 0 Å². The van der Waals surface area contributed by atoms with Crippen LogP contribution < -0.4 is 4.90 Å². The Balaban J connectivity index is 1.91. The van der Waals surface area contributed by atoms with Crippen molar-refractivity contribution in [1.29, 1.82) is 0 Å². The van der Waals surface area contributed by atoms with E-state index in [0.717, 1.165) is 22.5 Å². The zero-order valence-electron chi connectivity index (χ0n) is 13.8. The van der Waals surface area contributed by atoms with Crippen LogP contribution in [0.3, 0.4) is 0 Å². The Morgan fingerprint density at radius 2 is 1.92 bits per heavy atom. The molecule has 1 aromatic carbocycles. The first-order chi connectivity index (χ1) is 11.5. The summed E-state index contributed by atoms with van der Waals surface area (Å²) in [6.45, 7) is 1.94. The summed E-state index contributed by atoms with van der Waals surface area (Å²) in [5, 5.41) is 11.5. The van der Waals surface area contributed by atoms with E-state index in [0.29, 0.717) is 10.6 Å². The summed E-state index contributed by atoms with van der Waals surface area (Å²) in [7, 11) is 4.02. The minimum atomic E-state index is 0.437. The van der Waals surface area contributed by atoms with Crippen LogP contribution in [0.2, 0.25) is 0 Å². The van der Waals surface area contributed by atoms with Crippen LogP contribution in [0.4, 0.5) is 5.69 Å². The average molecular weight is 338 g/mol. The maximum Gasteiger partial charge on any atom is 0.216 e. The number of hydrogen-bond acceptors (Lipinski definition) is 5. The molecule has 1 N–H and O–H groups in total. The molecule has 6 nitrogen and oxygen atoms in total. The molecule has 0 saturated carbocycles. The Hall–Kier alpha value is -2.80. The minimum Gasteiger partial charge on any atom is -0.378 e. The first-order valence-corrected chi connectivity index (χ1v) is 7.87. The van der Waals surface area contributed by atoms with Crippen molar-refractivity contribution >= 4 is 24.1 Å². The first kappa shape index (κ1) is 16.1. The van der Waals surface area contributed by atoms with Gasteiger partial charge in [-0.2, -0.15) is 14.9 Å². The van der Waals surface area contributed by atoms with Crippen molar-refractivity contribution in [3.63, 3.8) is 0 Å². The highest BCUT2D eigenvalue weighted by Gasteiger charge is 2.08. The third kappa shape index (κ3) is 3.41. The van der Waals surface area contributed by atoms with Gasteiger partial charge in [-0.1, -0.05) is 12.1 Å². The molecule has 0 aliphatic carbocycles. The largest absolute Gasteiger partial charge is 0.378 e. The zero-order chi connectivity index (χ0) is 17.1. The highest BCUT2D eigenvalue weighted by molar-refractivity contribution is 7.71. The number of nitrogens with zero attached hydrogens (tertiary/aromatic N) is 5. The van der Waals surface area contributed by atoms with Gasteiger partial charge in [0.2, 0.25) is 4.77 Å². The molecular weight excluding hydrogens is 320 g/mol. The SMILES string of the molecule is Cc1ccc(-c2n[nH]c(=S)n2N=Cc2ccc(N(C)C)cc2)cn1. The highest BCUT2D eigenvalue weighted by Crippen LogP contribution is 2.16. The molecule has 0 atom stereocenters. The van der Waals surface area contributed by atoms with Gasteiger partial charge in [0.15, 0.2) is 5.82 Å². The lowest BCUT2D eigenvalue weighted by molar-refractivity contribution is 0.870. The number of benzene rings is 1. The van der Waals surface area contributed by atoms with E-state index in [-0.39, 0.29) is 0 Å². The first-order valence-electron chi connectivity index (χ1n) is 7.47. The molecule has 0 amide bonds. The van der Waals surface area contributed by atoms with Crippen molar-refractivity contribution in [1.82, 2.24) is 19.9 Å². The summed E-state index contributed by atoms with van der Waals surface area (Å²) >= 11 is 5.27. The fraction of sp³-hybridized carbons (Fsp3) is 0.176. The maximum absolute atomic E-state index is 5.27. The lowest BCUT2D eigenvalue weighted by atomic mass is 10.2. The Morgan fingerprint density at radius 3 is 2.54 bits per heavy atom. The van der Waals surface area contributed by atoms with Crippen molar-refractivity contribution in [3.05, 3.63) is 58.6 Å². The summed E-state index contributed by atoms with van der Waals surface area (Å²) in [5.74, 6) is 0.633. The second kappa shape index (κ2) is 6.76. The summed E-state index contributed by atoms with van der Waals surface area (Å²) in [5.41, 5.74) is 3.92. The number of aromatic nitrogens is 4. The van der Waals surface area contributed by atoms with E-state index >= 15 is 0 Å². The van der Waals surface area contributed by atoms with Gasteiger partial charge in [-0.3, -0.25) is 4.98 Å². The van der Waals surface area contributed by atoms with E-state index in [1.807, 2.05) is 57.4 Å². The van der Waals surface area contributed by atoms with Gasteiger partial charge in [0.1, 0.15) is 0 Å². The van der Waals surface area contributed by atoms with E-state index in [9.17, 15) is 0 Å². The highest BCUT2D eigenvalue weighted by atomic mass is 32.1. The Morgan fingerprint density at radius 1 is 1.17 bits per heavy atom. The van der Waals surface area contributed by atoms with Crippen LogP contribution >= 0.6 is 12.2 Å². The summed E-state index contributed by atoms with van der Waals surface area (Å²) in [6, 6.07) is 12.0. The van der Waals surface area contributed by atoms with Gasteiger partial charge in [-0.05, 0) is 49.0 Å². The molecule has 0 unspecified atom stereocenters. The number of nitrogens with one attached hydrogen (secondary N) is 1. The van der Waals surface area contributed by atoms with E-state index < -0.39 is 0 Å². The summed E-state index contributed by atoms with van der Waals surface area (Å²) < 4.78 is 2.04. The lowest BCUT2D eigenvalue weighted by Crippen LogP contribution is -2.08. The summed E-state index contributed by atoms with van der Waals surface area (Å²) in [6.07, 6.45) is 3.52. The van der Waals surface area contributed by atoms with Crippen LogP contribution in [0.25, 0.3) is 11.4 Å². The lowest BCUT2D eigenvalue weighted by Gasteiger charge is -2.11. The zero-order valence-corrected chi connectivity index (χ0v) is 14.6. The molecule has 0 aliphatic heterocycles. The number of rotatable bonds is 4. The number of aromatic amines is 1. The van der Waals surface area contributed by atoms with Gasteiger partial charge in [0, 0.05) is 37.2 Å². The van der Waals surface area contributed by atoms with Crippen LogP contribution in [0.5, 0.6) is 0 Å². The van der Waals surface area contributed by atoms with Crippen molar-refractivity contribution in [2.24, 2.45) is 5.10 Å². The molecule has 24 heavy (non-hydrogen) atoms. The molecule has 0 aliphatic rings. The molecular formula is C17H18N6S. The average Bonchev–Trinajstić information content (AvgIpc) is 2.95. The number of anilines is 1. The fourth-order valence-corrected chi connectivity index (χ4v) is 2.35. The van der Waals surface area contributed by atoms with Crippen LogP contribution in [-0.2, 0) is 0 Å². The number of H-pyrrole nitrogens is 1. The second-order valence-corrected chi connectivity index (χ2v) is 5.97. The van der Waals surface area contributed by atoms with E-state index in [1.54, 1.807) is 17.1 Å². The number of hydrogen-bond donors (Lipinski definition) is 1. The molecule has 3 aromatic rings. The van der Waals surface area contributed by atoms with Crippen LogP contribution in [0.1, 0.15) is 11.3 Å². The van der Waals surface area contributed by atoms with Gasteiger partial charge < -0.3 is 4.90 Å². The Bertz CT molecular complexity index is 904. The molecule has 0 radical (unpaired) electrons. The van der Waals surface area contributed by atoms with Crippen LogP contribution in [0.15, 0.2) is 47.7 Å². The monoisotopic (exact) mass is 338 g/mol. The van der Waals surface area contributed by atoms with Crippen LogP contribution in [0, 0.1) is 11.7 Å². The molecule has 3 rings (SSSR count). The minimum absolute atomic E-state index is 0.437. The normalized spacial score (nSPS) is 11.1. The Kier molecular flexibility index (Phi) is 4.52. The molecule has 122 valence electrons. The van der Waals surface area contributed by atoms with Crippen molar-refractivity contribution in [3.8, 4) is 11.4 Å². The van der Waals surface area contributed by atoms with Crippen molar-refractivity contribution in [2.45, 2.75) is 6.92 Å². The predicted molar refractivity (Wildman–Crippen MR) is 99.1 cm³/mol. The molecule has 0 saturated heterocycles. The molecule has 2 aromatic heterocycles. The van der Waals surface area contributed by atoms with Crippen LogP contribution in [-0.4, -0.2) is 40.2 Å². The van der Waals surface area contributed by atoms with Crippen molar-refractivity contribution in [2.75, 3.05) is 19.0 Å². The van der Waals surface area contributed by atoms with Gasteiger partial charge in [-0.15, -0.1) is 0 Å². The van der Waals surface area contributed by atoms with Crippen molar-refractivity contribution < 1.29 is 0 Å². The standard InChI is InChI=1S/C17H18N6S/c1-12-4-7-14(11-18-12)16-20-21-17(24)23(16)19-10-13-5-8-15(9-6-13)22(2)3/h4-11H,1-3H3,(H,21,24). The molecule has 7 heteroatoms. The molecule has 0 bridgehead atoms. The molecule has 2 heterocycles. The predicted octanol–water partition coefficient (Wildman–Crippen LogP) is 3.26. The summed E-state index contributed by atoms with van der Waals surface area (Å²) in [4.78, 5) is 6.34. The van der Waals surface area contributed by atoms with Gasteiger partial charge in [0.25, 0.3) is 0 Å². The molecule has 0 spiro atoms. The topological polar surface area (TPSA) is 62.1 Å². The van der Waals surface area contributed by atoms with E-state index in [4.69, 9.17) is 12.2 Å². The van der Waals surface area contributed by atoms with Gasteiger partial charge in [0.05, 0.1) is 6.21 Å². The maximum atomic E-state index is 5.27. The Labute approximate surface area is 145 Å².